The van der Waals surface area contributed by atoms with Crippen molar-refractivity contribution < 1.29 is 4.39 Å². The van der Waals surface area contributed by atoms with Gasteiger partial charge in [-0.2, -0.15) is 0 Å². The number of para-hydroxylation sites is 1. The Balaban J connectivity index is 1.96. The van der Waals surface area contributed by atoms with Gasteiger partial charge in [-0.15, -0.1) is 0 Å². The predicted octanol–water partition coefficient (Wildman–Crippen LogP) is 3.06. The third kappa shape index (κ3) is 2.49. The molecular formula is C17H18FN3. The Labute approximate surface area is 123 Å². The van der Waals surface area contributed by atoms with Gasteiger partial charge in [-0.3, -0.25) is 5.41 Å². The summed E-state index contributed by atoms with van der Waals surface area (Å²) in [6.07, 6.45) is 1.01. The highest BCUT2D eigenvalue weighted by Gasteiger charge is 2.26. The molecule has 1 aliphatic rings. The lowest BCUT2D eigenvalue weighted by atomic mass is 10.1. The molecule has 0 aromatic heterocycles. The highest BCUT2D eigenvalue weighted by molar-refractivity contribution is 5.96. The lowest BCUT2D eigenvalue weighted by Crippen LogP contribution is -2.30. The Hall–Kier alpha value is -2.36. The number of nitrogens with one attached hydrogen (secondary N) is 1. The minimum atomic E-state index is -0.362. The molecule has 4 heteroatoms. The minimum Gasteiger partial charge on any atom is -0.384 e. The Morgan fingerprint density at radius 1 is 1.33 bits per heavy atom. The van der Waals surface area contributed by atoms with Crippen LogP contribution in [-0.4, -0.2) is 11.9 Å². The van der Waals surface area contributed by atoms with Gasteiger partial charge in [0.05, 0.1) is 0 Å². The van der Waals surface area contributed by atoms with Gasteiger partial charge in [0.2, 0.25) is 0 Å². The number of nitrogens with two attached hydrogens (primary N) is 1. The van der Waals surface area contributed by atoms with Crippen LogP contribution in [0.25, 0.3) is 0 Å². The fourth-order valence-electron chi connectivity index (χ4n) is 2.99. The van der Waals surface area contributed by atoms with E-state index in [9.17, 15) is 4.39 Å². The first kappa shape index (κ1) is 13.6. The topological polar surface area (TPSA) is 53.1 Å². The average molecular weight is 283 g/mol. The van der Waals surface area contributed by atoms with Crippen molar-refractivity contribution in [2.24, 2.45) is 5.73 Å². The summed E-state index contributed by atoms with van der Waals surface area (Å²) < 4.78 is 13.4. The second-order valence-corrected chi connectivity index (χ2v) is 5.52. The molecule has 0 saturated heterocycles. The van der Waals surface area contributed by atoms with Gasteiger partial charge < -0.3 is 10.6 Å². The van der Waals surface area contributed by atoms with Crippen LogP contribution in [0, 0.1) is 11.2 Å². The maximum Gasteiger partial charge on any atom is 0.123 e. The van der Waals surface area contributed by atoms with Gasteiger partial charge in [-0.05, 0) is 42.7 Å². The number of halogens is 1. The Bertz CT molecular complexity index is 696. The van der Waals surface area contributed by atoms with Crippen LogP contribution in [0.1, 0.15) is 23.6 Å². The molecule has 3 N–H and O–H groups in total. The minimum absolute atomic E-state index is 0.0929. The van der Waals surface area contributed by atoms with E-state index in [4.69, 9.17) is 11.1 Å². The van der Waals surface area contributed by atoms with E-state index in [1.54, 1.807) is 6.07 Å². The zero-order valence-corrected chi connectivity index (χ0v) is 11.9. The van der Waals surface area contributed by atoms with Crippen molar-refractivity contribution >= 4 is 11.5 Å². The van der Waals surface area contributed by atoms with Crippen molar-refractivity contribution in [3.05, 3.63) is 65.0 Å². The molecule has 0 saturated carbocycles. The van der Waals surface area contributed by atoms with E-state index in [1.807, 2.05) is 12.1 Å². The van der Waals surface area contributed by atoms with Gasteiger partial charge >= 0.3 is 0 Å². The predicted molar refractivity (Wildman–Crippen MR) is 83.2 cm³/mol. The van der Waals surface area contributed by atoms with E-state index >= 15 is 0 Å². The number of hydrogen-bond acceptors (Lipinski definition) is 2. The molecule has 108 valence electrons. The standard InChI is InChI=1S/C17H18FN3/c1-11-8-12-4-2-3-5-16(12)21(11)10-13-6-7-14(18)9-15(13)17(19)20/h2-7,9,11H,8,10H2,1H3,(H3,19,20). The normalized spacial score (nSPS) is 16.9. The average Bonchev–Trinajstić information content (AvgIpc) is 2.77. The first-order valence-electron chi connectivity index (χ1n) is 7.03. The van der Waals surface area contributed by atoms with Crippen molar-refractivity contribution in [3.8, 4) is 0 Å². The zero-order valence-electron chi connectivity index (χ0n) is 11.9. The maximum absolute atomic E-state index is 13.4. The summed E-state index contributed by atoms with van der Waals surface area (Å²) in [7, 11) is 0. The Morgan fingerprint density at radius 2 is 2.10 bits per heavy atom. The molecule has 2 aromatic rings. The second kappa shape index (κ2) is 5.20. The summed E-state index contributed by atoms with van der Waals surface area (Å²) in [4.78, 5) is 2.29. The Kier molecular flexibility index (Phi) is 3.37. The lowest BCUT2D eigenvalue weighted by molar-refractivity contribution is 0.624. The third-order valence-electron chi connectivity index (χ3n) is 4.05. The first-order chi connectivity index (χ1) is 10.1. The monoisotopic (exact) mass is 283 g/mol. The van der Waals surface area contributed by atoms with Gasteiger partial charge in [0.15, 0.2) is 0 Å². The summed E-state index contributed by atoms with van der Waals surface area (Å²) in [6.45, 7) is 2.81. The lowest BCUT2D eigenvalue weighted by Gasteiger charge is -2.26. The van der Waals surface area contributed by atoms with Crippen LogP contribution in [0.5, 0.6) is 0 Å². The molecule has 0 aliphatic carbocycles. The number of hydrogen-bond donors (Lipinski definition) is 2. The molecule has 0 spiro atoms. The van der Waals surface area contributed by atoms with E-state index in [2.05, 4.69) is 24.0 Å². The van der Waals surface area contributed by atoms with Crippen LogP contribution in [-0.2, 0) is 13.0 Å². The summed E-state index contributed by atoms with van der Waals surface area (Å²) in [5.74, 6) is -0.455. The molecule has 3 rings (SSSR count). The molecular weight excluding hydrogens is 265 g/mol. The van der Waals surface area contributed by atoms with Crippen LogP contribution in [0.3, 0.4) is 0 Å². The fourth-order valence-corrected chi connectivity index (χ4v) is 2.99. The van der Waals surface area contributed by atoms with Crippen LogP contribution >= 0.6 is 0 Å². The highest BCUT2D eigenvalue weighted by atomic mass is 19.1. The van der Waals surface area contributed by atoms with Crippen LogP contribution < -0.4 is 10.6 Å². The van der Waals surface area contributed by atoms with Crippen molar-refractivity contribution in [2.45, 2.75) is 25.9 Å². The largest absolute Gasteiger partial charge is 0.384 e. The van der Waals surface area contributed by atoms with Gasteiger partial charge in [-0.1, -0.05) is 24.3 Å². The van der Waals surface area contributed by atoms with E-state index in [1.165, 1.54) is 23.4 Å². The molecule has 0 amide bonds. The van der Waals surface area contributed by atoms with Crippen molar-refractivity contribution in [1.29, 1.82) is 5.41 Å². The number of nitrogens with zero attached hydrogens (tertiary/aromatic N) is 1. The molecule has 1 atom stereocenters. The van der Waals surface area contributed by atoms with Gasteiger partial charge in [0.1, 0.15) is 11.7 Å². The molecule has 2 aromatic carbocycles. The SMILES string of the molecule is CC1Cc2ccccc2N1Cc1ccc(F)cc1C(=N)N. The number of rotatable bonds is 3. The second-order valence-electron chi connectivity index (χ2n) is 5.52. The van der Waals surface area contributed by atoms with E-state index in [-0.39, 0.29) is 11.7 Å². The molecule has 1 unspecified atom stereocenters. The molecule has 0 fully saturated rings. The molecule has 21 heavy (non-hydrogen) atoms. The number of fused-ring (bicyclic) bond motifs is 1. The van der Waals surface area contributed by atoms with Crippen LogP contribution in [0.2, 0.25) is 0 Å². The maximum atomic E-state index is 13.4. The first-order valence-corrected chi connectivity index (χ1v) is 7.03. The molecule has 1 heterocycles. The quantitative estimate of drug-likeness (QED) is 0.672. The number of anilines is 1. The summed E-state index contributed by atoms with van der Waals surface area (Å²) in [5, 5.41) is 7.63. The molecule has 0 radical (unpaired) electrons. The van der Waals surface area contributed by atoms with Crippen molar-refractivity contribution in [2.75, 3.05) is 4.90 Å². The van der Waals surface area contributed by atoms with Gasteiger partial charge in [-0.25, -0.2) is 4.39 Å². The van der Waals surface area contributed by atoms with Gasteiger partial charge in [0, 0.05) is 23.8 Å². The van der Waals surface area contributed by atoms with Crippen LogP contribution in [0.4, 0.5) is 10.1 Å². The number of amidine groups is 1. The highest BCUT2D eigenvalue weighted by Crippen LogP contribution is 2.33. The molecule has 0 bridgehead atoms. The van der Waals surface area contributed by atoms with Crippen molar-refractivity contribution in [1.82, 2.24) is 0 Å². The van der Waals surface area contributed by atoms with E-state index in [0.29, 0.717) is 18.2 Å². The molecule has 3 nitrogen and oxygen atoms in total. The van der Waals surface area contributed by atoms with Crippen molar-refractivity contribution in [3.63, 3.8) is 0 Å². The van der Waals surface area contributed by atoms with Gasteiger partial charge in [0.25, 0.3) is 0 Å². The van der Waals surface area contributed by atoms with E-state index < -0.39 is 0 Å². The fraction of sp³-hybridized carbons (Fsp3) is 0.235. The van der Waals surface area contributed by atoms with Crippen LogP contribution in [0.15, 0.2) is 42.5 Å². The Morgan fingerprint density at radius 3 is 2.86 bits per heavy atom. The third-order valence-corrected chi connectivity index (χ3v) is 4.05. The molecule has 1 aliphatic heterocycles. The summed E-state index contributed by atoms with van der Waals surface area (Å²) >= 11 is 0. The smallest absolute Gasteiger partial charge is 0.123 e. The van der Waals surface area contributed by atoms with E-state index in [0.717, 1.165) is 12.0 Å². The number of benzene rings is 2. The summed E-state index contributed by atoms with van der Waals surface area (Å²) in [6, 6.07) is 13.2. The summed E-state index contributed by atoms with van der Waals surface area (Å²) in [5.41, 5.74) is 9.49. The zero-order chi connectivity index (χ0) is 15.0. The number of nitrogen functional groups attached to an aromatic ring is 1.